The van der Waals surface area contributed by atoms with Gasteiger partial charge in [0, 0.05) is 18.2 Å². The van der Waals surface area contributed by atoms with Crippen molar-refractivity contribution in [2.24, 2.45) is 5.73 Å². The monoisotopic (exact) mass is 280 g/mol. The van der Waals surface area contributed by atoms with Crippen LogP contribution in [0.1, 0.15) is 49.3 Å². The zero-order valence-corrected chi connectivity index (χ0v) is 11.6. The highest BCUT2D eigenvalue weighted by Gasteiger charge is 2.12. The summed E-state index contributed by atoms with van der Waals surface area (Å²) in [6.45, 7) is 1.34. The summed E-state index contributed by atoms with van der Waals surface area (Å²) in [5, 5.41) is 3.41. The van der Waals surface area contributed by atoms with Crippen molar-refractivity contribution >= 4 is 0 Å². The third-order valence-electron chi connectivity index (χ3n) is 3.80. The second-order valence-corrected chi connectivity index (χ2v) is 5.21. The molecule has 0 radical (unpaired) electrons. The average molecular weight is 280 g/mol. The number of nitrogens with one attached hydrogen (secondary N) is 1. The molecule has 110 valence electrons. The van der Waals surface area contributed by atoms with Crippen LogP contribution in [0.15, 0.2) is 35.9 Å². The van der Waals surface area contributed by atoms with Crippen LogP contribution in [0.4, 0.5) is 8.78 Å². The van der Waals surface area contributed by atoms with Crippen molar-refractivity contribution in [3.05, 3.63) is 47.0 Å². The van der Waals surface area contributed by atoms with Crippen molar-refractivity contribution in [3.8, 4) is 0 Å². The van der Waals surface area contributed by atoms with Gasteiger partial charge in [0.2, 0.25) is 0 Å². The van der Waals surface area contributed by atoms with Crippen LogP contribution in [0.3, 0.4) is 0 Å². The summed E-state index contributed by atoms with van der Waals surface area (Å²) in [5.41, 5.74) is 8.31. The first kappa shape index (κ1) is 15.1. The molecule has 1 aliphatic carbocycles. The normalized spacial score (nSPS) is 16.5. The number of hydrogen-bond donors (Lipinski definition) is 2. The Morgan fingerprint density at radius 2 is 1.85 bits per heavy atom. The highest BCUT2D eigenvalue weighted by atomic mass is 19.3. The summed E-state index contributed by atoms with van der Waals surface area (Å²) < 4.78 is 25.0. The van der Waals surface area contributed by atoms with E-state index in [1.807, 2.05) is 0 Å². The van der Waals surface area contributed by atoms with E-state index in [1.54, 1.807) is 12.1 Å². The van der Waals surface area contributed by atoms with Gasteiger partial charge in [0.05, 0.1) is 0 Å². The standard InChI is InChI=1S/C16H22F2N2/c17-16(18)14-7-5-13(6-8-14)15(11-19)20-10-9-12-3-1-2-4-12/h3,5-8,15-16,20H,1-2,4,9-11,19H2. The molecule has 3 N–H and O–H groups in total. The van der Waals surface area contributed by atoms with E-state index in [9.17, 15) is 8.78 Å². The Kier molecular flexibility index (Phi) is 5.68. The Bertz CT molecular complexity index is 440. The molecule has 0 saturated carbocycles. The molecule has 0 aromatic heterocycles. The molecule has 0 amide bonds. The van der Waals surface area contributed by atoms with E-state index in [-0.39, 0.29) is 11.6 Å². The van der Waals surface area contributed by atoms with Gasteiger partial charge in [-0.1, -0.05) is 35.9 Å². The minimum atomic E-state index is -2.41. The number of allylic oxidation sites excluding steroid dienone is 1. The summed E-state index contributed by atoms with van der Waals surface area (Å²) >= 11 is 0. The Morgan fingerprint density at radius 1 is 1.15 bits per heavy atom. The van der Waals surface area contributed by atoms with Gasteiger partial charge < -0.3 is 11.1 Å². The lowest BCUT2D eigenvalue weighted by atomic mass is 10.0. The van der Waals surface area contributed by atoms with Crippen molar-refractivity contribution in [2.45, 2.75) is 38.2 Å². The van der Waals surface area contributed by atoms with Gasteiger partial charge in [0.1, 0.15) is 0 Å². The van der Waals surface area contributed by atoms with Crippen LogP contribution in [0.25, 0.3) is 0 Å². The second kappa shape index (κ2) is 7.50. The maximum absolute atomic E-state index is 12.5. The number of halogens is 2. The summed E-state index contributed by atoms with van der Waals surface area (Å²) in [4.78, 5) is 0. The molecule has 0 aliphatic heterocycles. The number of benzene rings is 1. The number of nitrogens with two attached hydrogens (primary N) is 1. The minimum Gasteiger partial charge on any atom is -0.329 e. The highest BCUT2D eigenvalue weighted by Crippen LogP contribution is 2.22. The molecule has 2 nitrogen and oxygen atoms in total. The first-order valence-electron chi connectivity index (χ1n) is 7.20. The predicted octanol–water partition coefficient (Wildman–Crippen LogP) is 3.71. The summed E-state index contributed by atoms with van der Waals surface area (Å²) in [6.07, 6.45) is 4.62. The van der Waals surface area contributed by atoms with Crippen LogP contribution in [-0.4, -0.2) is 13.1 Å². The van der Waals surface area contributed by atoms with Crippen LogP contribution >= 0.6 is 0 Å². The summed E-state index contributed by atoms with van der Waals surface area (Å²) in [5.74, 6) is 0. The molecule has 0 fully saturated rings. The van der Waals surface area contributed by atoms with Crippen LogP contribution in [0.2, 0.25) is 0 Å². The average Bonchev–Trinajstić information content (AvgIpc) is 2.97. The first-order chi connectivity index (χ1) is 9.70. The molecule has 1 atom stereocenters. The van der Waals surface area contributed by atoms with E-state index in [0.717, 1.165) is 18.5 Å². The molecule has 0 saturated heterocycles. The molecule has 2 rings (SSSR count). The molecule has 1 unspecified atom stereocenters. The molecule has 0 bridgehead atoms. The molecular formula is C16H22F2N2. The smallest absolute Gasteiger partial charge is 0.263 e. The lowest BCUT2D eigenvalue weighted by Crippen LogP contribution is -2.29. The molecular weight excluding hydrogens is 258 g/mol. The fourth-order valence-electron chi connectivity index (χ4n) is 2.58. The predicted molar refractivity (Wildman–Crippen MR) is 77.7 cm³/mol. The summed E-state index contributed by atoms with van der Waals surface area (Å²) in [7, 11) is 0. The maximum Gasteiger partial charge on any atom is 0.263 e. The van der Waals surface area contributed by atoms with Gasteiger partial charge in [-0.2, -0.15) is 0 Å². The molecule has 4 heteroatoms. The van der Waals surface area contributed by atoms with Gasteiger partial charge in [0.15, 0.2) is 0 Å². The van der Waals surface area contributed by atoms with Crippen LogP contribution in [0.5, 0.6) is 0 Å². The van der Waals surface area contributed by atoms with Crippen LogP contribution in [0, 0.1) is 0 Å². The van der Waals surface area contributed by atoms with Gasteiger partial charge in [-0.15, -0.1) is 0 Å². The minimum absolute atomic E-state index is 0.0312. The van der Waals surface area contributed by atoms with Gasteiger partial charge in [-0.05, 0) is 37.8 Å². The van der Waals surface area contributed by atoms with Crippen molar-refractivity contribution in [1.29, 1.82) is 0 Å². The Labute approximate surface area is 119 Å². The van der Waals surface area contributed by atoms with E-state index >= 15 is 0 Å². The molecule has 1 aromatic carbocycles. The van der Waals surface area contributed by atoms with E-state index in [0.29, 0.717) is 6.54 Å². The SMILES string of the molecule is NCC(NCCC1=CCCC1)c1ccc(C(F)F)cc1. The van der Waals surface area contributed by atoms with Crippen molar-refractivity contribution in [1.82, 2.24) is 5.32 Å². The quantitative estimate of drug-likeness (QED) is 0.747. The van der Waals surface area contributed by atoms with Gasteiger partial charge in [0.25, 0.3) is 6.43 Å². The fourth-order valence-corrected chi connectivity index (χ4v) is 2.58. The third kappa shape index (κ3) is 4.12. The Hall–Kier alpha value is -1.26. The topological polar surface area (TPSA) is 38.0 Å². The van der Waals surface area contributed by atoms with Crippen molar-refractivity contribution in [3.63, 3.8) is 0 Å². The van der Waals surface area contributed by atoms with Crippen LogP contribution in [-0.2, 0) is 0 Å². The molecule has 0 heterocycles. The Morgan fingerprint density at radius 3 is 2.40 bits per heavy atom. The summed E-state index contributed by atoms with van der Waals surface area (Å²) in [6, 6.07) is 6.46. The zero-order valence-electron chi connectivity index (χ0n) is 11.6. The second-order valence-electron chi connectivity index (χ2n) is 5.21. The van der Waals surface area contributed by atoms with Gasteiger partial charge in [-0.3, -0.25) is 0 Å². The number of hydrogen-bond acceptors (Lipinski definition) is 2. The highest BCUT2D eigenvalue weighted by molar-refractivity contribution is 5.26. The molecule has 0 spiro atoms. The van der Waals surface area contributed by atoms with Gasteiger partial charge in [-0.25, -0.2) is 8.78 Å². The largest absolute Gasteiger partial charge is 0.329 e. The van der Waals surface area contributed by atoms with Crippen molar-refractivity contribution < 1.29 is 8.78 Å². The Balaban J connectivity index is 1.86. The third-order valence-corrected chi connectivity index (χ3v) is 3.80. The van der Waals surface area contributed by atoms with E-state index in [2.05, 4.69) is 11.4 Å². The molecule has 1 aliphatic rings. The molecule has 20 heavy (non-hydrogen) atoms. The number of rotatable bonds is 7. The number of alkyl halides is 2. The lowest BCUT2D eigenvalue weighted by molar-refractivity contribution is 0.151. The van der Waals surface area contributed by atoms with Crippen LogP contribution < -0.4 is 11.1 Å². The van der Waals surface area contributed by atoms with Gasteiger partial charge >= 0.3 is 0 Å². The van der Waals surface area contributed by atoms with E-state index in [4.69, 9.17) is 5.73 Å². The molecule has 1 aromatic rings. The first-order valence-corrected chi connectivity index (χ1v) is 7.20. The van der Waals surface area contributed by atoms with E-state index in [1.165, 1.54) is 37.0 Å². The van der Waals surface area contributed by atoms with E-state index < -0.39 is 6.43 Å². The lowest BCUT2D eigenvalue weighted by Gasteiger charge is -2.18. The van der Waals surface area contributed by atoms with Crippen molar-refractivity contribution in [2.75, 3.05) is 13.1 Å². The maximum atomic E-state index is 12.5. The zero-order chi connectivity index (χ0) is 14.4. The fraction of sp³-hybridized carbons (Fsp3) is 0.500.